The number of hydrogen-bond donors (Lipinski definition) is 2. The van der Waals surface area contributed by atoms with Gasteiger partial charge in [0.25, 0.3) is 5.91 Å². The lowest BCUT2D eigenvalue weighted by Crippen LogP contribution is -2.27. The van der Waals surface area contributed by atoms with Gasteiger partial charge in [0, 0.05) is 6.08 Å². The first-order valence-corrected chi connectivity index (χ1v) is 4.30. The van der Waals surface area contributed by atoms with Crippen molar-refractivity contribution >= 4 is 12.0 Å². The molecular weight excluding hydrogens is 221 g/mol. The SMILES string of the molecule is NNC(=O)/C=C/c1ccccc1C(F)(F)F. The molecule has 0 aliphatic heterocycles. The predicted molar refractivity (Wildman–Crippen MR) is 52.8 cm³/mol. The number of hydrogen-bond acceptors (Lipinski definition) is 2. The van der Waals surface area contributed by atoms with Crippen LogP contribution in [0.1, 0.15) is 11.1 Å². The first-order valence-electron chi connectivity index (χ1n) is 4.30. The molecule has 6 heteroatoms. The van der Waals surface area contributed by atoms with Crippen molar-refractivity contribution in [1.82, 2.24) is 5.43 Å². The molecule has 0 atom stereocenters. The molecule has 0 fully saturated rings. The fourth-order valence-electron chi connectivity index (χ4n) is 1.11. The Morgan fingerprint density at radius 3 is 2.50 bits per heavy atom. The van der Waals surface area contributed by atoms with Crippen LogP contribution in [0.25, 0.3) is 6.08 Å². The molecule has 0 spiro atoms. The average molecular weight is 230 g/mol. The van der Waals surface area contributed by atoms with Gasteiger partial charge in [-0.05, 0) is 17.7 Å². The standard InChI is InChI=1S/C10H9F3N2O/c11-10(12,13)8-4-2-1-3-7(8)5-6-9(16)15-14/h1-6H,14H2,(H,15,16)/b6-5+. The van der Waals surface area contributed by atoms with Crippen molar-refractivity contribution < 1.29 is 18.0 Å². The van der Waals surface area contributed by atoms with Crippen molar-refractivity contribution in [3.8, 4) is 0 Å². The van der Waals surface area contributed by atoms with Crippen LogP contribution >= 0.6 is 0 Å². The molecule has 1 aromatic rings. The topological polar surface area (TPSA) is 55.1 Å². The second-order valence-electron chi connectivity index (χ2n) is 2.93. The van der Waals surface area contributed by atoms with Crippen molar-refractivity contribution in [3.63, 3.8) is 0 Å². The number of rotatable bonds is 2. The largest absolute Gasteiger partial charge is 0.416 e. The zero-order valence-electron chi connectivity index (χ0n) is 8.08. The van der Waals surface area contributed by atoms with Crippen LogP contribution < -0.4 is 11.3 Å². The van der Waals surface area contributed by atoms with E-state index in [1.54, 1.807) is 5.43 Å². The quantitative estimate of drug-likeness (QED) is 0.351. The third-order valence-corrected chi connectivity index (χ3v) is 1.82. The van der Waals surface area contributed by atoms with Crippen molar-refractivity contribution in [1.29, 1.82) is 0 Å². The second-order valence-corrected chi connectivity index (χ2v) is 2.93. The molecule has 3 nitrogen and oxygen atoms in total. The van der Waals surface area contributed by atoms with Gasteiger partial charge in [-0.2, -0.15) is 13.2 Å². The van der Waals surface area contributed by atoms with Crippen LogP contribution in [0.15, 0.2) is 30.3 Å². The Morgan fingerprint density at radius 1 is 1.31 bits per heavy atom. The number of carbonyl (C=O) groups excluding carboxylic acids is 1. The Hall–Kier alpha value is -1.82. The number of amides is 1. The molecule has 0 saturated carbocycles. The Kier molecular flexibility index (Phi) is 3.68. The van der Waals surface area contributed by atoms with E-state index in [1.165, 1.54) is 18.2 Å². The summed E-state index contributed by atoms with van der Waals surface area (Å²) in [6, 6.07) is 4.95. The maximum atomic E-state index is 12.5. The summed E-state index contributed by atoms with van der Waals surface area (Å²) in [4.78, 5) is 10.7. The number of alkyl halides is 3. The minimum absolute atomic E-state index is 0.0846. The van der Waals surface area contributed by atoms with Crippen LogP contribution in [0.3, 0.4) is 0 Å². The molecule has 0 unspecified atom stereocenters. The third-order valence-electron chi connectivity index (χ3n) is 1.82. The molecule has 0 aliphatic carbocycles. The maximum Gasteiger partial charge on any atom is 0.416 e. The lowest BCUT2D eigenvalue weighted by Gasteiger charge is -2.09. The normalized spacial score (nSPS) is 11.8. The maximum absolute atomic E-state index is 12.5. The molecular formula is C10H9F3N2O. The van der Waals surface area contributed by atoms with E-state index < -0.39 is 17.6 Å². The van der Waals surface area contributed by atoms with E-state index in [1.807, 2.05) is 0 Å². The van der Waals surface area contributed by atoms with Gasteiger partial charge in [-0.15, -0.1) is 0 Å². The average Bonchev–Trinajstić information content (AvgIpc) is 2.25. The molecule has 0 radical (unpaired) electrons. The van der Waals surface area contributed by atoms with E-state index in [4.69, 9.17) is 5.84 Å². The van der Waals surface area contributed by atoms with Gasteiger partial charge in [-0.25, -0.2) is 5.84 Å². The highest BCUT2D eigenvalue weighted by Gasteiger charge is 2.32. The summed E-state index contributed by atoms with van der Waals surface area (Å²) < 4.78 is 37.5. The Morgan fingerprint density at radius 2 is 1.94 bits per heavy atom. The van der Waals surface area contributed by atoms with Crippen LogP contribution in [0.5, 0.6) is 0 Å². The number of nitrogens with two attached hydrogens (primary N) is 1. The lowest BCUT2D eigenvalue weighted by atomic mass is 10.1. The fourth-order valence-corrected chi connectivity index (χ4v) is 1.11. The van der Waals surface area contributed by atoms with Crippen LogP contribution in [0.4, 0.5) is 13.2 Å². The van der Waals surface area contributed by atoms with Crippen molar-refractivity contribution in [3.05, 3.63) is 41.5 Å². The molecule has 86 valence electrons. The summed E-state index contributed by atoms with van der Waals surface area (Å²) in [5, 5.41) is 0. The molecule has 1 rings (SSSR count). The number of nitrogens with one attached hydrogen (secondary N) is 1. The van der Waals surface area contributed by atoms with Crippen molar-refractivity contribution in [2.45, 2.75) is 6.18 Å². The molecule has 16 heavy (non-hydrogen) atoms. The van der Waals surface area contributed by atoms with Gasteiger partial charge in [0.15, 0.2) is 0 Å². The molecule has 3 N–H and O–H groups in total. The number of hydrazine groups is 1. The number of carbonyl (C=O) groups is 1. The first-order chi connectivity index (χ1) is 7.45. The summed E-state index contributed by atoms with van der Waals surface area (Å²) in [6.45, 7) is 0. The third kappa shape index (κ3) is 3.09. The highest BCUT2D eigenvalue weighted by atomic mass is 19.4. The van der Waals surface area contributed by atoms with E-state index in [9.17, 15) is 18.0 Å². The molecule has 0 aliphatic rings. The lowest BCUT2D eigenvalue weighted by molar-refractivity contribution is -0.137. The van der Waals surface area contributed by atoms with Crippen LogP contribution in [-0.2, 0) is 11.0 Å². The van der Waals surface area contributed by atoms with E-state index in [2.05, 4.69) is 0 Å². The molecule has 0 heterocycles. The summed E-state index contributed by atoms with van der Waals surface area (Å²) in [7, 11) is 0. The van der Waals surface area contributed by atoms with E-state index in [0.717, 1.165) is 18.2 Å². The van der Waals surface area contributed by atoms with Gasteiger partial charge >= 0.3 is 6.18 Å². The molecule has 1 amide bonds. The smallest absolute Gasteiger partial charge is 0.291 e. The van der Waals surface area contributed by atoms with E-state index >= 15 is 0 Å². The highest BCUT2D eigenvalue weighted by molar-refractivity contribution is 5.91. The Balaban J connectivity index is 3.05. The van der Waals surface area contributed by atoms with Crippen molar-refractivity contribution in [2.24, 2.45) is 5.84 Å². The highest BCUT2D eigenvalue weighted by Crippen LogP contribution is 2.32. The van der Waals surface area contributed by atoms with Gasteiger partial charge in [0.1, 0.15) is 0 Å². The monoisotopic (exact) mass is 230 g/mol. The predicted octanol–water partition coefficient (Wildman–Crippen LogP) is 1.71. The summed E-state index contributed by atoms with van der Waals surface area (Å²) in [5.41, 5.74) is 0.906. The van der Waals surface area contributed by atoms with E-state index in [-0.39, 0.29) is 5.56 Å². The van der Waals surface area contributed by atoms with Crippen LogP contribution in [-0.4, -0.2) is 5.91 Å². The molecule has 0 saturated heterocycles. The van der Waals surface area contributed by atoms with Gasteiger partial charge < -0.3 is 0 Å². The Bertz CT molecular complexity index is 413. The van der Waals surface area contributed by atoms with Crippen LogP contribution in [0.2, 0.25) is 0 Å². The molecule has 1 aromatic carbocycles. The van der Waals surface area contributed by atoms with E-state index in [0.29, 0.717) is 0 Å². The zero-order valence-corrected chi connectivity index (χ0v) is 8.08. The fraction of sp³-hybridized carbons (Fsp3) is 0.100. The summed E-state index contributed by atoms with van der Waals surface area (Å²) in [5.74, 6) is 4.12. The van der Waals surface area contributed by atoms with Crippen LogP contribution in [0, 0.1) is 0 Å². The Labute approximate surface area is 89.7 Å². The summed E-state index contributed by atoms with van der Waals surface area (Å²) >= 11 is 0. The van der Waals surface area contributed by atoms with Gasteiger partial charge in [0.05, 0.1) is 5.56 Å². The second kappa shape index (κ2) is 4.80. The number of halogens is 3. The van der Waals surface area contributed by atoms with Gasteiger partial charge in [-0.3, -0.25) is 10.2 Å². The molecule has 0 bridgehead atoms. The molecule has 0 aromatic heterocycles. The van der Waals surface area contributed by atoms with Gasteiger partial charge in [0.2, 0.25) is 0 Å². The number of benzene rings is 1. The minimum Gasteiger partial charge on any atom is -0.291 e. The summed E-state index contributed by atoms with van der Waals surface area (Å²) in [6.07, 6.45) is -2.45. The van der Waals surface area contributed by atoms with Gasteiger partial charge in [-0.1, -0.05) is 18.2 Å². The van der Waals surface area contributed by atoms with Crippen molar-refractivity contribution in [2.75, 3.05) is 0 Å². The first kappa shape index (κ1) is 12.3. The zero-order chi connectivity index (χ0) is 12.2. The minimum atomic E-state index is -4.44.